The van der Waals surface area contributed by atoms with E-state index in [0.29, 0.717) is 5.89 Å². The quantitative estimate of drug-likeness (QED) is 0.920. The Morgan fingerprint density at radius 2 is 2.05 bits per heavy atom. The van der Waals surface area contributed by atoms with Gasteiger partial charge in [0.15, 0.2) is 11.5 Å². The van der Waals surface area contributed by atoms with Crippen molar-refractivity contribution in [1.82, 2.24) is 10.3 Å². The van der Waals surface area contributed by atoms with Crippen molar-refractivity contribution in [3.05, 3.63) is 29.7 Å². The Kier molecular flexibility index (Phi) is 2.69. The van der Waals surface area contributed by atoms with Crippen LogP contribution < -0.4 is 5.32 Å². The summed E-state index contributed by atoms with van der Waals surface area (Å²) in [4.78, 5) is 4.35. The smallest absolute Gasteiger partial charge is 0.192 e. The minimum atomic E-state index is -0.0337. The maximum atomic E-state index is 5.65. The molecule has 0 bridgehead atoms. The first kappa shape index (κ1) is 12.6. The second kappa shape index (κ2) is 4.05. The van der Waals surface area contributed by atoms with Crippen LogP contribution in [0.1, 0.15) is 25.3 Å². The number of likely N-dealkylation sites (N-methyl/N-ethyl adjacent to an activating group) is 1. The summed E-state index contributed by atoms with van der Waals surface area (Å²) in [5.74, 6) is 0.707. The fourth-order valence-electron chi connectivity index (χ4n) is 2.77. The number of aromatic nitrogens is 1. The molecule has 1 aromatic carbocycles. The maximum Gasteiger partial charge on any atom is 0.192 e. The summed E-state index contributed by atoms with van der Waals surface area (Å²) in [5, 5.41) is 3.41. The average molecular weight is 260 g/mol. The molecule has 19 heavy (non-hydrogen) atoms. The maximum absolute atomic E-state index is 5.65. The molecule has 4 heteroatoms. The molecule has 3 rings (SSSR count). The van der Waals surface area contributed by atoms with Gasteiger partial charge in [0.2, 0.25) is 0 Å². The molecule has 0 atom stereocenters. The van der Waals surface area contributed by atoms with Crippen LogP contribution in [-0.2, 0) is 10.2 Å². The van der Waals surface area contributed by atoms with Gasteiger partial charge in [-0.15, -0.1) is 0 Å². The third-order valence-electron chi connectivity index (χ3n) is 4.57. The highest BCUT2D eigenvalue weighted by Gasteiger charge is 2.51. The zero-order valence-electron chi connectivity index (χ0n) is 11.9. The van der Waals surface area contributed by atoms with Crippen LogP contribution in [0.4, 0.5) is 0 Å². The molecular formula is C15H20N2O2. The molecule has 1 aliphatic heterocycles. The van der Waals surface area contributed by atoms with Gasteiger partial charge in [-0.1, -0.05) is 6.07 Å². The second-order valence-corrected chi connectivity index (χ2v) is 5.87. The SMILES string of the molecule is CNC(C)(C)C1(c2ccc3nc(C)oc3c2)COC1. The number of nitrogens with zero attached hydrogens (tertiary/aromatic N) is 1. The Hall–Kier alpha value is -1.39. The molecule has 2 heterocycles. The number of aryl methyl sites for hydroxylation is 1. The molecule has 1 fully saturated rings. The zero-order valence-corrected chi connectivity index (χ0v) is 11.9. The standard InChI is InChI=1S/C15H20N2O2/c1-10-17-12-6-5-11(7-13(12)19-10)15(8-18-9-15)14(2,3)16-4/h5-7,16H,8-9H2,1-4H3. The summed E-state index contributed by atoms with van der Waals surface area (Å²) in [5.41, 5.74) is 2.98. The van der Waals surface area contributed by atoms with Crippen LogP contribution in [0.5, 0.6) is 0 Å². The first-order valence-corrected chi connectivity index (χ1v) is 6.63. The lowest BCUT2D eigenvalue weighted by Gasteiger charge is -2.52. The molecule has 1 N–H and O–H groups in total. The lowest BCUT2D eigenvalue weighted by Crippen LogP contribution is -2.65. The van der Waals surface area contributed by atoms with Crippen LogP contribution in [0.2, 0.25) is 0 Å². The monoisotopic (exact) mass is 260 g/mol. The van der Waals surface area contributed by atoms with E-state index in [1.807, 2.05) is 20.0 Å². The highest BCUT2D eigenvalue weighted by atomic mass is 16.5. The number of nitrogens with one attached hydrogen (secondary N) is 1. The molecular weight excluding hydrogens is 240 g/mol. The molecule has 102 valence electrons. The van der Waals surface area contributed by atoms with Crippen LogP contribution in [-0.4, -0.2) is 30.8 Å². The Labute approximate surface area is 113 Å². The number of hydrogen-bond acceptors (Lipinski definition) is 4. The predicted octanol–water partition coefficient (Wildman–Crippen LogP) is 2.40. The Morgan fingerprint density at radius 3 is 2.63 bits per heavy atom. The number of oxazole rings is 1. The molecule has 4 nitrogen and oxygen atoms in total. The second-order valence-electron chi connectivity index (χ2n) is 5.87. The fraction of sp³-hybridized carbons (Fsp3) is 0.533. The first-order valence-electron chi connectivity index (χ1n) is 6.63. The number of hydrogen-bond donors (Lipinski definition) is 1. The lowest BCUT2D eigenvalue weighted by molar-refractivity contribution is -0.0990. The molecule has 0 amide bonds. The van der Waals surface area contributed by atoms with Crippen molar-refractivity contribution in [2.75, 3.05) is 20.3 Å². The summed E-state index contributed by atoms with van der Waals surface area (Å²) in [7, 11) is 2.00. The number of benzene rings is 1. The van der Waals surface area contributed by atoms with E-state index in [9.17, 15) is 0 Å². The van der Waals surface area contributed by atoms with Crippen molar-refractivity contribution in [3.8, 4) is 0 Å². The van der Waals surface area contributed by atoms with Crippen molar-refractivity contribution in [2.24, 2.45) is 0 Å². The summed E-state index contributed by atoms with van der Waals surface area (Å²) in [6, 6.07) is 6.29. The van der Waals surface area contributed by atoms with Gasteiger partial charge >= 0.3 is 0 Å². The molecule has 2 aromatic rings. The van der Waals surface area contributed by atoms with E-state index in [-0.39, 0.29) is 11.0 Å². The molecule has 1 aliphatic rings. The van der Waals surface area contributed by atoms with Gasteiger partial charge in [0.05, 0.1) is 18.6 Å². The van der Waals surface area contributed by atoms with Crippen molar-refractivity contribution >= 4 is 11.1 Å². The minimum Gasteiger partial charge on any atom is -0.441 e. The Morgan fingerprint density at radius 1 is 1.32 bits per heavy atom. The van der Waals surface area contributed by atoms with Gasteiger partial charge in [0.1, 0.15) is 5.52 Å². The van der Waals surface area contributed by atoms with Gasteiger partial charge < -0.3 is 14.5 Å². The van der Waals surface area contributed by atoms with Crippen LogP contribution in [0.15, 0.2) is 22.6 Å². The average Bonchev–Trinajstić information content (AvgIpc) is 2.66. The van der Waals surface area contributed by atoms with Crippen molar-refractivity contribution in [3.63, 3.8) is 0 Å². The number of rotatable bonds is 3. The van der Waals surface area contributed by atoms with Crippen LogP contribution in [0.3, 0.4) is 0 Å². The number of ether oxygens (including phenoxy) is 1. The van der Waals surface area contributed by atoms with E-state index >= 15 is 0 Å². The predicted molar refractivity (Wildman–Crippen MR) is 74.4 cm³/mol. The van der Waals surface area contributed by atoms with Gasteiger partial charge in [0.25, 0.3) is 0 Å². The van der Waals surface area contributed by atoms with E-state index in [1.54, 1.807) is 0 Å². The minimum absolute atomic E-state index is 0.00334. The van der Waals surface area contributed by atoms with Gasteiger partial charge in [-0.2, -0.15) is 0 Å². The van der Waals surface area contributed by atoms with Crippen molar-refractivity contribution < 1.29 is 9.15 Å². The normalized spacial score (nSPS) is 18.5. The third kappa shape index (κ3) is 1.70. The topological polar surface area (TPSA) is 47.3 Å². The van der Waals surface area contributed by atoms with Crippen molar-refractivity contribution in [1.29, 1.82) is 0 Å². The van der Waals surface area contributed by atoms with Gasteiger partial charge in [-0.05, 0) is 38.6 Å². The Bertz CT molecular complexity index is 612. The summed E-state index contributed by atoms with van der Waals surface area (Å²) < 4.78 is 11.2. The highest BCUT2D eigenvalue weighted by Crippen LogP contribution is 2.42. The largest absolute Gasteiger partial charge is 0.441 e. The molecule has 1 saturated heterocycles. The van der Waals surface area contributed by atoms with Crippen LogP contribution in [0, 0.1) is 6.92 Å². The molecule has 0 unspecified atom stereocenters. The summed E-state index contributed by atoms with van der Waals surface area (Å²) >= 11 is 0. The molecule has 0 radical (unpaired) electrons. The van der Waals surface area contributed by atoms with Gasteiger partial charge in [0, 0.05) is 12.5 Å². The van der Waals surface area contributed by atoms with Crippen LogP contribution in [0.25, 0.3) is 11.1 Å². The van der Waals surface area contributed by atoms with Gasteiger partial charge in [-0.3, -0.25) is 0 Å². The molecule has 0 aliphatic carbocycles. The molecule has 0 saturated carbocycles. The van der Waals surface area contributed by atoms with E-state index < -0.39 is 0 Å². The zero-order chi connectivity index (χ0) is 13.7. The lowest BCUT2D eigenvalue weighted by atomic mass is 9.65. The van der Waals surface area contributed by atoms with E-state index in [1.165, 1.54) is 5.56 Å². The van der Waals surface area contributed by atoms with E-state index in [0.717, 1.165) is 24.3 Å². The Balaban J connectivity index is 2.11. The molecule has 1 aromatic heterocycles. The molecule has 0 spiro atoms. The van der Waals surface area contributed by atoms with E-state index in [4.69, 9.17) is 9.15 Å². The first-order chi connectivity index (χ1) is 8.98. The van der Waals surface area contributed by atoms with Crippen molar-refractivity contribution in [2.45, 2.75) is 31.7 Å². The summed E-state index contributed by atoms with van der Waals surface area (Å²) in [6.45, 7) is 7.77. The van der Waals surface area contributed by atoms with E-state index in [2.05, 4.69) is 36.3 Å². The fourth-order valence-corrected chi connectivity index (χ4v) is 2.77. The van der Waals surface area contributed by atoms with Crippen LogP contribution >= 0.6 is 0 Å². The highest BCUT2D eigenvalue weighted by molar-refractivity contribution is 5.74. The number of fused-ring (bicyclic) bond motifs is 1. The third-order valence-corrected chi connectivity index (χ3v) is 4.57. The summed E-state index contributed by atoms with van der Waals surface area (Å²) in [6.07, 6.45) is 0. The van der Waals surface area contributed by atoms with Gasteiger partial charge in [-0.25, -0.2) is 4.98 Å².